The van der Waals surface area contributed by atoms with Gasteiger partial charge in [-0.25, -0.2) is 4.98 Å². The van der Waals surface area contributed by atoms with Crippen molar-refractivity contribution < 1.29 is 4.79 Å². The van der Waals surface area contributed by atoms with Gasteiger partial charge in [0.1, 0.15) is 11.4 Å². The number of halogens is 1. The highest BCUT2D eigenvalue weighted by atomic mass is 35.5. The number of amides is 1. The first-order chi connectivity index (χ1) is 10.0. The minimum absolute atomic E-state index is 0.0372. The number of thiazole rings is 1. The number of likely N-dealkylation sites (N-methyl/N-ethyl adjacent to an activating group) is 1. The first-order valence-corrected chi connectivity index (χ1v) is 7.85. The standard InChI is InChI=1S/C13H15ClN4O2S/c1-16-2-4-17(5-3-16)11(19)8-18-10-6-9(14)7-15-12(10)21-13(18)20/h6-7H,2-5,8H2,1H3. The van der Waals surface area contributed by atoms with Gasteiger partial charge in [-0.05, 0) is 13.1 Å². The SMILES string of the molecule is CN1CCN(C(=O)Cn2c(=O)sc3ncc(Cl)cc32)CC1. The lowest BCUT2D eigenvalue weighted by Gasteiger charge is -2.32. The number of pyridine rings is 1. The van der Waals surface area contributed by atoms with Crippen molar-refractivity contribution in [3.63, 3.8) is 0 Å². The van der Waals surface area contributed by atoms with Crippen molar-refractivity contribution >= 4 is 39.2 Å². The second kappa shape index (κ2) is 5.75. The van der Waals surface area contributed by atoms with E-state index in [-0.39, 0.29) is 17.3 Å². The fraction of sp³-hybridized carbons (Fsp3) is 0.462. The highest BCUT2D eigenvalue weighted by molar-refractivity contribution is 7.16. The lowest BCUT2D eigenvalue weighted by Crippen LogP contribution is -2.48. The summed E-state index contributed by atoms with van der Waals surface area (Å²) in [6, 6.07) is 1.68. The van der Waals surface area contributed by atoms with E-state index in [0.717, 1.165) is 24.4 Å². The Kier molecular flexibility index (Phi) is 3.97. The summed E-state index contributed by atoms with van der Waals surface area (Å²) in [4.78, 5) is 32.9. The number of hydrogen-bond donors (Lipinski definition) is 0. The largest absolute Gasteiger partial charge is 0.339 e. The second-order valence-corrected chi connectivity index (χ2v) is 6.49. The average Bonchev–Trinajstić information content (AvgIpc) is 2.76. The van der Waals surface area contributed by atoms with Crippen LogP contribution in [0.1, 0.15) is 0 Å². The van der Waals surface area contributed by atoms with E-state index in [0.29, 0.717) is 28.5 Å². The molecular formula is C13H15ClN4O2S. The van der Waals surface area contributed by atoms with Gasteiger partial charge in [-0.1, -0.05) is 22.9 Å². The Morgan fingerprint density at radius 1 is 1.38 bits per heavy atom. The molecule has 1 aliphatic heterocycles. The molecule has 2 aromatic rings. The highest BCUT2D eigenvalue weighted by Crippen LogP contribution is 2.19. The molecule has 8 heteroatoms. The summed E-state index contributed by atoms with van der Waals surface area (Å²) >= 11 is 6.96. The Balaban J connectivity index is 1.84. The van der Waals surface area contributed by atoms with Gasteiger partial charge in [-0.2, -0.15) is 0 Å². The molecule has 0 aromatic carbocycles. The molecule has 0 atom stereocenters. The summed E-state index contributed by atoms with van der Waals surface area (Å²) in [6.07, 6.45) is 1.51. The maximum absolute atomic E-state index is 12.4. The number of piperazine rings is 1. The van der Waals surface area contributed by atoms with Crippen molar-refractivity contribution in [3.05, 3.63) is 27.0 Å². The van der Waals surface area contributed by atoms with E-state index in [2.05, 4.69) is 9.88 Å². The molecule has 1 saturated heterocycles. The topological polar surface area (TPSA) is 58.4 Å². The minimum Gasteiger partial charge on any atom is -0.339 e. The molecule has 3 rings (SSSR count). The van der Waals surface area contributed by atoms with Gasteiger partial charge in [-0.3, -0.25) is 14.2 Å². The fourth-order valence-corrected chi connectivity index (χ4v) is 3.33. The predicted octanol–water partition coefficient (Wildman–Crippen LogP) is 0.885. The Hall–Kier alpha value is -1.44. The zero-order chi connectivity index (χ0) is 15.0. The zero-order valence-corrected chi connectivity index (χ0v) is 13.2. The Labute approximate surface area is 130 Å². The Morgan fingerprint density at radius 2 is 2.10 bits per heavy atom. The van der Waals surface area contributed by atoms with Crippen LogP contribution < -0.4 is 4.87 Å². The van der Waals surface area contributed by atoms with E-state index >= 15 is 0 Å². The molecule has 0 radical (unpaired) electrons. The van der Waals surface area contributed by atoms with Gasteiger partial charge in [0.2, 0.25) is 5.91 Å². The smallest absolute Gasteiger partial charge is 0.310 e. The quantitative estimate of drug-likeness (QED) is 0.822. The van der Waals surface area contributed by atoms with Crippen LogP contribution in [0.3, 0.4) is 0 Å². The van der Waals surface area contributed by atoms with Gasteiger partial charge < -0.3 is 9.80 Å². The van der Waals surface area contributed by atoms with Crippen molar-refractivity contribution in [2.75, 3.05) is 33.2 Å². The van der Waals surface area contributed by atoms with Crippen LogP contribution in [0.15, 0.2) is 17.1 Å². The van der Waals surface area contributed by atoms with Crippen LogP contribution in [-0.2, 0) is 11.3 Å². The Morgan fingerprint density at radius 3 is 2.81 bits per heavy atom. The lowest BCUT2D eigenvalue weighted by atomic mass is 10.3. The molecule has 1 fully saturated rings. The van der Waals surface area contributed by atoms with Crippen molar-refractivity contribution in [2.45, 2.75) is 6.54 Å². The molecule has 0 saturated carbocycles. The van der Waals surface area contributed by atoms with Crippen LogP contribution >= 0.6 is 22.9 Å². The van der Waals surface area contributed by atoms with Gasteiger partial charge >= 0.3 is 4.87 Å². The summed E-state index contributed by atoms with van der Waals surface area (Å²) in [5, 5.41) is 0.459. The van der Waals surface area contributed by atoms with Crippen LogP contribution in [0.5, 0.6) is 0 Å². The molecule has 1 amide bonds. The van der Waals surface area contributed by atoms with Gasteiger partial charge in [0.25, 0.3) is 0 Å². The predicted molar refractivity (Wildman–Crippen MR) is 83.0 cm³/mol. The molecule has 6 nitrogen and oxygen atoms in total. The van der Waals surface area contributed by atoms with Crippen molar-refractivity contribution in [3.8, 4) is 0 Å². The van der Waals surface area contributed by atoms with Crippen LogP contribution in [0.4, 0.5) is 0 Å². The zero-order valence-electron chi connectivity index (χ0n) is 11.6. The number of carbonyl (C=O) groups is 1. The first kappa shape index (κ1) is 14.5. The molecule has 2 aromatic heterocycles. The first-order valence-electron chi connectivity index (χ1n) is 6.66. The van der Waals surface area contributed by atoms with E-state index in [9.17, 15) is 9.59 Å². The summed E-state index contributed by atoms with van der Waals surface area (Å²) in [7, 11) is 2.03. The van der Waals surface area contributed by atoms with Crippen LogP contribution in [-0.4, -0.2) is 58.5 Å². The summed E-state index contributed by atoms with van der Waals surface area (Å²) in [5.74, 6) is -0.0372. The van der Waals surface area contributed by atoms with Crippen molar-refractivity contribution in [1.82, 2.24) is 19.4 Å². The number of rotatable bonds is 2. The van der Waals surface area contributed by atoms with E-state index in [1.54, 1.807) is 11.0 Å². The number of hydrogen-bond acceptors (Lipinski definition) is 5. The average molecular weight is 327 g/mol. The molecular weight excluding hydrogens is 312 g/mol. The maximum atomic E-state index is 12.4. The highest BCUT2D eigenvalue weighted by Gasteiger charge is 2.21. The van der Waals surface area contributed by atoms with Crippen LogP contribution in [0.25, 0.3) is 10.3 Å². The second-order valence-electron chi connectivity index (χ2n) is 5.12. The maximum Gasteiger partial charge on any atom is 0.310 e. The van der Waals surface area contributed by atoms with Crippen LogP contribution in [0, 0.1) is 0 Å². The third-order valence-corrected chi connectivity index (χ3v) is 4.75. The Bertz CT molecular complexity index is 733. The number of nitrogens with zero attached hydrogens (tertiary/aromatic N) is 4. The fourth-order valence-electron chi connectivity index (χ4n) is 2.37. The number of fused-ring (bicyclic) bond motifs is 1. The third kappa shape index (κ3) is 2.95. The number of aromatic nitrogens is 2. The molecule has 3 heterocycles. The van der Waals surface area contributed by atoms with Gasteiger partial charge in [-0.15, -0.1) is 0 Å². The molecule has 112 valence electrons. The molecule has 1 aliphatic rings. The molecule has 0 unspecified atom stereocenters. The molecule has 21 heavy (non-hydrogen) atoms. The van der Waals surface area contributed by atoms with E-state index < -0.39 is 0 Å². The number of carbonyl (C=O) groups excluding carboxylic acids is 1. The molecule has 0 aliphatic carbocycles. The molecule has 0 N–H and O–H groups in total. The van der Waals surface area contributed by atoms with E-state index in [1.165, 1.54) is 10.8 Å². The molecule has 0 bridgehead atoms. The van der Waals surface area contributed by atoms with Gasteiger partial charge in [0.15, 0.2) is 0 Å². The van der Waals surface area contributed by atoms with Crippen molar-refractivity contribution in [2.24, 2.45) is 0 Å². The third-order valence-electron chi connectivity index (χ3n) is 3.64. The normalized spacial score (nSPS) is 16.6. The molecule has 0 spiro atoms. The minimum atomic E-state index is -0.178. The van der Waals surface area contributed by atoms with E-state index in [1.807, 2.05) is 7.05 Å². The van der Waals surface area contributed by atoms with Crippen LogP contribution in [0.2, 0.25) is 5.02 Å². The van der Waals surface area contributed by atoms with Crippen molar-refractivity contribution in [1.29, 1.82) is 0 Å². The summed E-state index contributed by atoms with van der Waals surface area (Å²) < 4.78 is 1.46. The van der Waals surface area contributed by atoms with Gasteiger partial charge in [0, 0.05) is 32.4 Å². The monoisotopic (exact) mass is 326 g/mol. The van der Waals surface area contributed by atoms with Gasteiger partial charge in [0.05, 0.1) is 10.5 Å². The lowest BCUT2D eigenvalue weighted by molar-refractivity contribution is -0.133. The van der Waals surface area contributed by atoms with E-state index in [4.69, 9.17) is 11.6 Å². The summed E-state index contributed by atoms with van der Waals surface area (Å²) in [5.41, 5.74) is 0.625. The summed E-state index contributed by atoms with van der Waals surface area (Å²) in [6.45, 7) is 3.16.